The van der Waals surface area contributed by atoms with Crippen molar-refractivity contribution in [1.29, 1.82) is 5.26 Å². The van der Waals surface area contributed by atoms with Crippen LogP contribution in [-0.4, -0.2) is 4.98 Å². The van der Waals surface area contributed by atoms with Crippen LogP contribution in [0.25, 0.3) is 0 Å². The first-order chi connectivity index (χ1) is 8.28. The monoisotopic (exact) mass is 227 g/mol. The molecular formula is C13H10FN3. The normalized spacial score (nSPS) is 9.65. The summed E-state index contributed by atoms with van der Waals surface area (Å²) >= 11 is 0. The highest BCUT2D eigenvalue weighted by molar-refractivity contribution is 5.42. The van der Waals surface area contributed by atoms with E-state index in [0.29, 0.717) is 17.9 Å². The summed E-state index contributed by atoms with van der Waals surface area (Å²) in [5, 5.41) is 11.8. The average Bonchev–Trinajstić information content (AvgIpc) is 2.38. The summed E-state index contributed by atoms with van der Waals surface area (Å²) in [6.45, 7) is 0.544. The third-order valence-corrected chi connectivity index (χ3v) is 2.28. The van der Waals surface area contributed by atoms with Gasteiger partial charge in [-0.1, -0.05) is 12.1 Å². The molecule has 1 N–H and O–H groups in total. The van der Waals surface area contributed by atoms with Crippen molar-refractivity contribution in [2.75, 3.05) is 5.32 Å². The molecule has 17 heavy (non-hydrogen) atoms. The Morgan fingerprint density at radius 2 is 2.00 bits per heavy atom. The molecule has 2 rings (SSSR count). The highest BCUT2D eigenvalue weighted by atomic mass is 19.1. The Labute approximate surface area is 98.5 Å². The van der Waals surface area contributed by atoms with Gasteiger partial charge in [-0.25, -0.2) is 9.37 Å². The summed E-state index contributed by atoms with van der Waals surface area (Å²) in [4.78, 5) is 4.08. The Bertz CT molecular complexity index is 543. The van der Waals surface area contributed by atoms with Crippen molar-refractivity contribution in [1.82, 2.24) is 4.98 Å². The Hall–Kier alpha value is -2.41. The molecule has 0 aliphatic carbocycles. The van der Waals surface area contributed by atoms with Crippen LogP contribution in [0, 0.1) is 17.1 Å². The van der Waals surface area contributed by atoms with E-state index in [1.807, 2.05) is 6.07 Å². The van der Waals surface area contributed by atoms with Gasteiger partial charge in [0.05, 0.1) is 11.6 Å². The molecule has 0 spiro atoms. The van der Waals surface area contributed by atoms with Crippen LogP contribution >= 0.6 is 0 Å². The van der Waals surface area contributed by atoms with Crippen LogP contribution in [0.1, 0.15) is 11.1 Å². The largest absolute Gasteiger partial charge is 0.366 e. The molecule has 1 aromatic carbocycles. The number of pyridine rings is 1. The van der Waals surface area contributed by atoms with Crippen molar-refractivity contribution >= 4 is 5.82 Å². The first-order valence-corrected chi connectivity index (χ1v) is 5.12. The molecule has 0 atom stereocenters. The van der Waals surface area contributed by atoms with Gasteiger partial charge in [0.1, 0.15) is 11.6 Å². The van der Waals surface area contributed by atoms with Crippen molar-refractivity contribution in [3.05, 3.63) is 59.5 Å². The topological polar surface area (TPSA) is 48.7 Å². The Morgan fingerprint density at radius 1 is 1.24 bits per heavy atom. The van der Waals surface area contributed by atoms with Gasteiger partial charge in [-0.05, 0) is 29.8 Å². The van der Waals surface area contributed by atoms with Crippen LogP contribution in [0.15, 0.2) is 42.6 Å². The number of halogens is 1. The summed E-state index contributed by atoms with van der Waals surface area (Å²) < 4.78 is 12.7. The summed E-state index contributed by atoms with van der Waals surface area (Å²) in [5.41, 5.74) is 1.51. The van der Waals surface area contributed by atoms with Crippen molar-refractivity contribution in [2.45, 2.75) is 6.54 Å². The molecule has 84 valence electrons. The summed E-state index contributed by atoms with van der Waals surface area (Å²) in [6, 6.07) is 11.6. The second kappa shape index (κ2) is 5.08. The molecule has 0 fully saturated rings. The molecule has 0 unspecified atom stereocenters. The minimum Gasteiger partial charge on any atom is -0.366 e. The number of nitriles is 1. The van der Waals surface area contributed by atoms with Gasteiger partial charge < -0.3 is 5.32 Å². The lowest BCUT2D eigenvalue weighted by molar-refractivity contribution is 0.627. The Balaban J connectivity index is 2.02. The van der Waals surface area contributed by atoms with Gasteiger partial charge in [-0.15, -0.1) is 0 Å². The molecule has 0 bridgehead atoms. The standard InChI is InChI=1S/C13H10FN3/c14-12-3-1-10(2-4-12)9-17-13-7-11(8-15)5-6-16-13/h1-7H,9H2,(H,16,17). The minimum absolute atomic E-state index is 0.252. The second-order valence-corrected chi connectivity index (χ2v) is 3.52. The molecule has 3 nitrogen and oxygen atoms in total. The maximum absolute atomic E-state index is 12.7. The van der Waals surface area contributed by atoms with Crippen LogP contribution in [0.4, 0.5) is 10.2 Å². The fourth-order valence-electron chi connectivity index (χ4n) is 1.39. The van der Waals surface area contributed by atoms with Crippen molar-refractivity contribution in [3.63, 3.8) is 0 Å². The number of nitrogens with zero attached hydrogens (tertiary/aromatic N) is 2. The van der Waals surface area contributed by atoms with Gasteiger partial charge in [-0.3, -0.25) is 0 Å². The molecule has 0 aliphatic heterocycles. The quantitative estimate of drug-likeness (QED) is 0.877. The van der Waals surface area contributed by atoms with Gasteiger partial charge in [0.2, 0.25) is 0 Å². The predicted molar refractivity (Wildman–Crippen MR) is 62.7 cm³/mol. The molecule has 1 aromatic heterocycles. The van der Waals surface area contributed by atoms with E-state index in [2.05, 4.69) is 10.3 Å². The number of aromatic nitrogens is 1. The Kier molecular flexibility index (Phi) is 3.31. The zero-order valence-corrected chi connectivity index (χ0v) is 9.02. The second-order valence-electron chi connectivity index (χ2n) is 3.52. The number of benzene rings is 1. The van der Waals surface area contributed by atoms with Crippen molar-refractivity contribution in [2.24, 2.45) is 0 Å². The van der Waals surface area contributed by atoms with E-state index < -0.39 is 0 Å². The predicted octanol–water partition coefficient (Wildman–Crippen LogP) is 2.70. The van der Waals surface area contributed by atoms with Gasteiger partial charge in [-0.2, -0.15) is 5.26 Å². The van der Waals surface area contributed by atoms with E-state index >= 15 is 0 Å². The maximum Gasteiger partial charge on any atom is 0.127 e. The van der Waals surface area contributed by atoms with E-state index in [4.69, 9.17) is 5.26 Å². The highest BCUT2D eigenvalue weighted by Crippen LogP contribution is 2.08. The van der Waals surface area contributed by atoms with Crippen LogP contribution < -0.4 is 5.32 Å². The molecule has 0 radical (unpaired) electrons. The van der Waals surface area contributed by atoms with Gasteiger partial charge in [0, 0.05) is 12.7 Å². The van der Waals surface area contributed by atoms with E-state index in [0.717, 1.165) is 5.56 Å². The fraction of sp³-hybridized carbons (Fsp3) is 0.0769. The number of anilines is 1. The zero-order chi connectivity index (χ0) is 12.1. The minimum atomic E-state index is -0.252. The summed E-state index contributed by atoms with van der Waals surface area (Å²) in [5.74, 6) is 0.381. The number of rotatable bonds is 3. The van der Waals surface area contributed by atoms with Crippen LogP contribution in [-0.2, 0) is 6.54 Å². The molecule has 4 heteroatoms. The van der Waals surface area contributed by atoms with E-state index in [9.17, 15) is 4.39 Å². The number of hydrogen-bond donors (Lipinski definition) is 1. The van der Waals surface area contributed by atoms with Crippen LogP contribution in [0.5, 0.6) is 0 Å². The van der Waals surface area contributed by atoms with Crippen LogP contribution in [0.3, 0.4) is 0 Å². The number of nitrogens with one attached hydrogen (secondary N) is 1. The number of hydrogen-bond acceptors (Lipinski definition) is 3. The van der Waals surface area contributed by atoms with Gasteiger partial charge in [0.15, 0.2) is 0 Å². The summed E-state index contributed by atoms with van der Waals surface area (Å²) in [7, 11) is 0. The third-order valence-electron chi connectivity index (χ3n) is 2.28. The summed E-state index contributed by atoms with van der Waals surface area (Å²) in [6.07, 6.45) is 1.57. The Morgan fingerprint density at radius 3 is 2.71 bits per heavy atom. The first-order valence-electron chi connectivity index (χ1n) is 5.12. The molecule has 1 heterocycles. The molecule has 0 saturated carbocycles. The molecular weight excluding hydrogens is 217 g/mol. The zero-order valence-electron chi connectivity index (χ0n) is 9.02. The molecule has 0 saturated heterocycles. The van der Waals surface area contributed by atoms with Crippen molar-refractivity contribution in [3.8, 4) is 6.07 Å². The van der Waals surface area contributed by atoms with E-state index in [-0.39, 0.29) is 5.82 Å². The lowest BCUT2D eigenvalue weighted by Gasteiger charge is -2.05. The molecule has 0 amide bonds. The SMILES string of the molecule is N#Cc1ccnc(NCc2ccc(F)cc2)c1. The van der Waals surface area contributed by atoms with Gasteiger partial charge >= 0.3 is 0 Å². The highest BCUT2D eigenvalue weighted by Gasteiger charge is 1.97. The van der Waals surface area contributed by atoms with Gasteiger partial charge in [0.25, 0.3) is 0 Å². The fourth-order valence-corrected chi connectivity index (χ4v) is 1.39. The lowest BCUT2D eigenvalue weighted by atomic mass is 10.2. The molecule has 0 aliphatic rings. The van der Waals surface area contributed by atoms with Crippen LogP contribution in [0.2, 0.25) is 0 Å². The van der Waals surface area contributed by atoms with E-state index in [1.54, 1.807) is 30.5 Å². The smallest absolute Gasteiger partial charge is 0.127 e. The van der Waals surface area contributed by atoms with Crippen molar-refractivity contribution < 1.29 is 4.39 Å². The molecule has 2 aromatic rings. The lowest BCUT2D eigenvalue weighted by Crippen LogP contribution is -2.01. The maximum atomic E-state index is 12.7. The third kappa shape index (κ3) is 3.02. The first kappa shape index (κ1) is 11.1. The van der Waals surface area contributed by atoms with E-state index in [1.165, 1.54) is 12.1 Å². The average molecular weight is 227 g/mol.